The molecule has 3 unspecified atom stereocenters. The molecule has 0 bridgehead atoms. The third kappa shape index (κ3) is 4.94. The Morgan fingerprint density at radius 2 is 2.06 bits per heavy atom. The molecule has 1 aliphatic carbocycles. The molecule has 0 spiro atoms. The fraction of sp³-hybridized carbons (Fsp3) is 1.00. The summed E-state index contributed by atoms with van der Waals surface area (Å²) < 4.78 is 5.61. The van der Waals surface area contributed by atoms with Crippen molar-refractivity contribution >= 4 is 0 Å². The van der Waals surface area contributed by atoms with Crippen molar-refractivity contribution in [2.24, 2.45) is 11.7 Å². The second-order valence-corrected chi connectivity index (χ2v) is 5.72. The van der Waals surface area contributed by atoms with Crippen LogP contribution in [-0.2, 0) is 4.74 Å². The molecule has 3 nitrogen and oxygen atoms in total. The van der Waals surface area contributed by atoms with Gasteiger partial charge in [-0.1, -0.05) is 13.3 Å². The van der Waals surface area contributed by atoms with E-state index >= 15 is 0 Å². The van der Waals surface area contributed by atoms with Crippen molar-refractivity contribution < 1.29 is 4.74 Å². The Morgan fingerprint density at radius 1 is 1.35 bits per heavy atom. The van der Waals surface area contributed by atoms with Crippen LogP contribution in [-0.4, -0.2) is 43.3 Å². The highest BCUT2D eigenvalue weighted by atomic mass is 16.5. The zero-order valence-electron chi connectivity index (χ0n) is 12.0. The van der Waals surface area contributed by atoms with Crippen LogP contribution in [0, 0.1) is 5.92 Å². The van der Waals surface area contributed by atoms with Gasteiger partial charge >= 0.3 is 0 Å². The van der Waals surface area contributed by atoms with Crippen molar-refractivity contribution in [3.63, 3.8) is 0 Å². The van der Waals surface area contributed by atoms with E-state index in [1.165, 1.54) is 25.7 Å². The largest absolute Gasteiger partial charge is 0.377 e. The van der Waals surface area contributed by atoms with Crippen molar-refractivity contribution in [2.45, 2.75) is 64.6 Å². The van der Waals surface area contributed by atoms with Crippen LogP contribution in [0.15, 0.2) is 0 Å². The summed E-state index contributed by atoms with van der Waals surface area (Å²) in [6, 6.07) is 0.895. The molecule has 102 valence electrons. The van der Waals surface area contributed by atoms with Gasteiger partial charge in [-0.2, -0.15) is 0 Å². The van der Waals surface area contributed by atoms with Crippen LogP contribution in [0.1, 0.15) is 46.5 Å². The molecule has 1 saturated carbocycles. The topological polar surface area (TPSA) is 38.5 Å². The van der Waals surface area contributed by atoms with Gasteiger partial charge in [-0.05, 0) is 46.1 Å². The number of rotatable bonds is 6. The lowest BCUT2D eigenvalue weighted by Gasteiger charge is -2.39. The summed E-state index contributed by atoms with van der Waals surface area (Å²) in [6.07, 6.45) is 5.37. The maximum Gasteiger partial charge on any atom is 0.0596 e. The molecule has 0 aromatic heterocycles. The molecule has 2 N–H and O–H groups in total. The van der Waals surface area contributed by atoms with Crippen LogP contribution in [0.2, 0.25) is 0 Å². The first-order valence-electron chi connectivity index (χ1n) is 7.12. The summed E-state index contributed by atoms with van der Waals surface area (Å²) in [5, 5.41) is 0. The second kappa shape index (κ2) is 7.34. The summed E-state index contributed by atoms with van der Waals surface area (Å²) in [7, 11) is 2.19. The van der Waals surface area contributed by atoms with E-state index in [2.05, 4.69) is 32.7 Å². The monoisotopic (exact) mass is 242 g/mol. The van der Waals surface area contributed by atoms with Crippen LogP contribution >= 0.6 is 0 Å². The van der Waals surface area contributed by atoms with E-state index in [1.54, 1.807) is 0 Å². The molecule has 0 aromatic carbocycles. The number of likely N-dealkylation sites (N-methyl/N-ethyl adjacent to an activating group) is 1. The maximum atomic E-state index is 6.25. The van der Waals surface area contributed by atoms with Gasteiger partial charge in [0, 0.05) is 18.6 Å². The Morgan fingerprint density at radius 3 is 2.65 bits per heavy atom. The summed E-state index contributed by atoms with van der Waals surface area (Å²) in [4.78, 5) is 2.40. The quantitative estimate of drug-likeness (QED) is 0.776. The van der Waals surface area contributed by atoms with Gasteiger partial charge in [0.25, 0.3) is 0 Å². The van der Waals surface area contributed by atoms with Crippen molar-refractivity contribution in [1.29, 1.82) is 0 Å². The van der Waals surface area contributed by atoms with E-state index in [9.17, 15) is 0 Å². The fourth-order valence-corrected chi connectivity index (χ4v) is 2.73. The van der Waals surface area contributed by atoms with Gasteiger partial charge in [-0.25, -0.2) is 0 Å². The average Bonchev–Trinajstić information content (AvgIpc) is 2.29. The number of hydrogen-bond donors (Lipinski definition) is 1. The molecule has 0 radical (unpaired) electrons. The first-order valence-corrected chi connectivity index (χ1v) is 7.12. The summed E-state index contributed by atoms with van der Waals surface area (Å²) in [5.74, 6) is 0.869. The minimum atomic E-state index is 0.326. The maximum absolute atomic E-state index is 6.25. The number of hydrogen-bond acceptors (Lipinski definition) is 3. The number of nitrogens with two attached hydrogens (primary N) is 1. The van der Waals surface area contributed by atoms with E-state index in [1.807, 2.05) is 0 Å². The highest BCUT2D eigenvalue weighted by Crippen LogP contribution is 2.28. The molecular formula is C14H30N2O. The van der Waals surface area contributed by atoms with E-state index < -0.39 is 0 Å². The third-order valence-electron chi connectivity index (χ3n) is 4.02. The zero-order chi connectivity index (χ0) is 12.8. The van der Waals surface area contributed by atoms with Crippen LogP contribution in [0.3, 0.4) is 0 Å². The first-order chi connectivity index (χ1) is 8.04. The Kier molecular flexibility index (Phi) is 6.45. The highest BCUT2D eigenvalue weighted by Gasteiger charge is 2.29. The van der Waals surface area contributed by atoms with Crippen LogP contribution in [0.5, 0.6) is 0 Å². The van der Waals surface area contributed by atoms with Crippen LogP contribution < -0.4 is 5.73 Å². The van der Waals surface area contributed by atoms with Gasteiger partial charge in [0.05, 0.1) is 12.7 Å². The SMILES string of the molecule is CCC1CCC(N)C(N(C)CCOC(C)C)C1. The minimum absolute atomic E-state index is 0.326. The van der Waals surface area contributed by atoms with E-state index in [4.69, 9.17) is 10.5 Å². The molecule has 0 amide bonds. The van der Waals surface area contributed by atoms with Gasteiger partial charge in [0.15, 0.2) is 0 Å². The molecule has 1 fully saturated rings. The predicted octanol–water partition coefficient (Wildman–Crippen LogP) is 2.25. The Balaban J connectivity index is 2.34. The van der Waals surface area contributed by atoms with E-state index in [0.29, 0.717) is 18.2 Å². The summed E-state index contributed by atoms with van der Waals surface area (Å²) >= 11 is 0. The smallest absolute Gasteiger partial charge is 0.0596 e. The van der Waals surface area contributed by atoms with Crippen molar-refractivity contribution in [3.05, 3.63) is 0 Å². The molecule has 0 aliphatic heterocycles. The Labute approximate surface area is 107 Å². The third-order valence-corrected chi connectivity index (χ3v) is 4.02. The van der Waals surface area contributed by atoms with Crippen LogP contribution in [0.25, 0.3) is 0 Å². The molecule has 0 saturated heterocycles. The molecule has 1 rings (SSSR count). The van der Waals surface area contributed by atoms with Crippen LogP contribution in [0.4, 0.5) is 0 Å². The lowest BCUT2D eigenvalue weighted by Crippen LogP contribution is -2.50. The molecule has 1 aliphatic rings. The fourth-order valence-electron chi connectivity index (χ4n) is 2.73. The molecule has 0 aromatic rings. The van der Waals surface area contributed by atoms with E-state index in [0.717, 1.165) is 19.1 Å². The van der Waals surface area contributed by atoms with Gasteiger partial charge in [0.2, 0.25) is 0 Å². The molecular weight excluding hydrogens is 212 g/mol. The second-order valence-electron chi connectivity index (χ2n) is 5.72. The Bertz CT molecular complexity index is 208. The van der Waals surface area contributed by atoms with E-state index in [-0.39, 0.29) is 0 Å². The van der Waals surface area contributed by atoms with Gasteiger partial charge in [-0.3, -0.25) is 4.90 Å². The molecule has 17 heavy (non-hydrogen) atoms. The molecule has 3 heteroatoms. The Hall–Kier alpha value is -0.120. The average molecular weight is 242 g/mol. The number of ether oxygens (including phenoxy) is 1. The van der Waals surface area contributed by atoms with Gasteiger partial charge in [-0.15, -0.1) is 0 Å². The van der Waals surface area contributed by atoms with Gasteiger partial charge < -0.3 is 10.5 Å². The first kappa shape index (κ1) is 14.9. The summed E-state index contributed by atoms with van der Waals surface area (Å²) in [6.45, 7) is 8.26. The number of nitrogens with zero attached hydrogens (tertiary/aromatic N) is 1. The van der Waals surface area contributed by atoms with Crippen molar-refractivity contribution in [3.8, 4) is 0 Å². The summed E-state index contributed by atoms with van der Waals surface area (Å²) in [5.41, 5.74) is 6.25. The lowest BCUT2D eigenvalue weighted by atomic mass is 9.81. The standard InChI is InChI=1S/C14H30N2O/c1-5-12-6-7-13(15)14(10-12)16(4)8-9-17-11(2)3/h11-14H,5-10,15H2,1-4H3. The van der Waals surface area contributed by atoms with Crippen molar-refractivity contribution in [2.75, 3.05) is 20.2 Å². The molecule has 3 atom stereocenters. The normalized spacial score (nSPS) is 30.2. The predicted molar refractivity (Wildman–Crippen MR) is 73.1 cm³/mol. The van der Waals surface area contributed by atoms with Crippen molar-refractivity contribution in [1.82, 2.24) is 4.90 Å². The molecule has 0 heterocycles. The lowest BCUT2D eigenvalue weighted by molar-refractivity contribution is 0.0439. The highest BCUT2D eigenvalue weighted by molar-refractivity contribution is 4.87. The minimum Gasteiger partial charge on any atom is -0.377 e. The van der Waals surface area contributed by atoms with Gasteiger partial charge in [0.1, 0.15) is 0 Å². The zero-order valence-corrected chi connectivity index (χ0v) is 12.0.